The SMILES string of the molecule is c1cncc(OCc2cccc3cccnc23)c1. The van der Waals surface area contributed by atoms with Crippen LogP contribution in [0.25, 0.3) is 10.9 Å². The molecule has 0 N–H and O–H groups in total. The van der Waals surface area contributed by atoms with Crippen molar-refractivity contribution in [2.24, 2.45) is 0 Å². The molecule has 0 aliphatic heterocycles. The van der Waals surface area contributed by atoms with Crippen LogP contribution in [-0.2, 0) is 6.61 Å². The molecule has 0 spiro atoms. The Morgan fingerprint density at radius 3 is 2.72 bits per heavy atom. The second-order valence-corrected chi connectivity index (χ2v) is 3.97. The molecule has 0 amide bonds. The molecular weight excluding hydrogens is 224 g/mol. The van der Waals surface area contributed by atoms with Crippen LogP contribution in [0.2, 0.25) is 0 Å². The first kappa shape index (κ1) is 10.7. The molecule has 2 aromatic heterocycles. The first-order valence-corrected chi connectivity index (χ1v) is 5.79. The van der Waals surface area contributed by atoms with Crippen molar-refractivity contribution >= 4 is 10.9 Å². The molecule has 3 heteroatoms. The normalized spacial score (nSPS) is 10.4. The molecule has 3 aromatic rings. The number of hydrogen-bond acceptors (Lipinski definition) is 3. The molecular formula is C15H12N2O. The van der Waals surface area contributed by atoms with E-state index in [1.165, 1.54) is 0 Å². The van der Waals surface area contributed by atoms with Crippen molar-refractivity contribution in [3.63, 3.8) is 0 Å². The molecule has 0 saturated carbocycles. The predicted octanol–water partition coefficient (Wildman–Crippen LogP) is 3.21. The smallest absolute Gasteiger partial charge is 0.138 e. The summed E-state index contributed by atoms with van der Waals surface area (Å²) in [6.07, 6.45) is 5.24. The molecule has 0 aliphatic rings. The van der Waals surface area contributed by atoms with E-state index >= 15 is 0 Å². The van der Waals surface area contributed by atoms with Crippen LogP contribution < -0.4 is 4.74 Å². The van der Waals surface area contributed by atoms with E-state index in [0.717, 1.165) is 22.2 Å². The van der Waals surface area contributed by atoms with Gasteiger partial charge in [-0.1, -0.05) is 24.3 Å². The van der Waals surface area contributed by atoms with E-state index in [2.05, 4.69) is 22.1 Å². The van der Waals surface area contributed by atoms with Crippen molar-refractivity contribution in [3.8, 4) is 5.75 Å². The Kier molecular flexibility index (Phi) is 2.88. The number of para-hydroxylation sites is 1. The Bertz CT molecular complexity index is 647. The van der Waals surface area contributed by atoms with Gasteiger partial charge < -0.3 is 4.74 Å². The van der Waals surface area contributed by atoms with Gasteiger partial charge in [-0.25, -0.2) is 0 Å². The van der Waals surface area contributed by atoms with Crippen LogP contribution in [-0.4, -0.2) is 9.97 Å². The van der Waals surface area contributed by atoms with Gasteiger partial charge in [0.25, 0.3) is 0 Å². The molecule has 1 aromatic carbocycles. The summed E-state index contributed by atoms with van der Waals surface area (Å²) in [6.45, 7) is 0.500. The van der Waals surface area contributed by atoms with E-state index in [4.69, 9.17) is 4.74 Å². The van der Waals surface area contributed by atoms with Crippen LogP contribution in [0.3, 0.4) is 0 Å². The summed E-state index contributed by atoms with van der Waals surface area (Å²) in [6, 6.07) is 13.8. The number of nitrogens with zero attached hydrogens (tertiary/aromatic N) is 2. The van der Waals surface area contributed by atoms with Crippen molar-refractivity contribution in [1.29, 1.82) is 0 Å². The molecule has 0 saturated heterocycles. The lowest BCUT2D eigenvalue weighted by Crippen LogP contribution is -1.97. The number of pyridine rings is 2. The molecule has 2 heterocycles. The summed E-state index contributed by atoms with van der Waals surface area (Å²) in [4.78, 5) is 8.42. The Balaban J connectivity index is 1.87. The second-order valence-electron chi connectivity index (χ2n) is 3.97. The molecule has 0 unspecified atom stereocenters. The van der Waals surface area contributed by atoms with Gasteiger partial charge in [-0.05, 0) is 18.2 Å². The zero-order valence-corrected chi connectivity index (χ0v) is 9.78. The fraction of sp³-hybridized carbons (Fsp3) is 0.0667. The quantitative estimate of drug-likeness (QED) is 0.700. The number of benzene rings is 1. The lowest BCUT2D eigenvalue weighted by Gasteiger charge is -2.07. The minimum absolute atomic E-state index is 0.500. The average Bonchev–Trinajstić information content (AvgIpc) is 2.46. The highest BCUT2D eigenvalue weighted by Crippen LogP contribution is 2.18. The van der Waals surface area contributed by atoms with E-state index in [-0.39, 0.29) is 0 Å². The third-order valence-electron chi connectivity index (χ3n) is 2.75. The summed E-state index contributed by atoms with van der Waals surface area (Å²) in [5.41, 5.74) is 2.07. The monoisotopic (exact) mass is 236 g/mol. The van der Waals surface area contributed by atoms with Crippen molar-refractivity contribution in [1.82, 2.24) is 9.97 Å². The minimum Gasteiger partial charge on any atom is -0.487 e. The standard InChI is InChI=1S/C15H12N2O/c1-4-12-6-2-9-17-15(12)13(5-1)11-18-14-7-3-8-16-10-14/h1-10H,11H2. The zero-order chi connectivity index (χ0) is 12.2. The van der Waals surface area contributed by atoms with Crippen LogP contribution in [0.5, 0.6) is 5.75 Å². The fourth-order valence-electron chi connectivity index (χ4n) is 1.88. The highest BCUT2D eigenvalue weighted by Gasteiger charge is 2.02. The summed E-state index contributed by atoms with van der Waals surface area (Å²) in [5, 5.41) is 1.13. The van der Waals surface area contributed by atoms with Gasteiger partial charge in [-0.3, -0.25) is 9.97 Å². The molecule has 0 bridgehead atoms. The highest BCUT2D eigenvalue weighted by atomic mass is 16.5. The van der Waals surface area contributed by atoms with E-state index in [1.54, 1.807) is 18.6 Å². The summed E-state index contributed by atoms with van der Waals surface area (Å²) in [5.74, 6) is 0.769. The van der Waals surface area contributed by atoms with Crippen molar-refractivity contribution in [2.45, 2.75) is 6.61 Å². The predicted molar refractivity (Wildman–Crippen MR) is 70.3 cm³/mol. The van der Waals surface area contributed by atoms with Crippen LogP contribution >= 0.6 is 0 Å². The Morgan fingerprint density at radius 2 is 1.83 bits per heavy atom. The van der Waals surface area contributed by atoms with E-state index in [1.807, 2.05) is 30.3 Å². The van der Waals surface area contributed by atoms with Crippen molar-refractivity contribution in [3.05, 3.63) is 66.6 Å². The molecule has 3 rings (SSSR count). The first-order chi connectivity index (χ1) is 8.93. The lowest BCUT2D eigenvalue weighted by atomic mass is 10.1. The van der Waals surface area contributed by atoms with Crippen LogP contribution in [0, 0.1) is 0 Å². The van der Waals surface area contributed by atoms with Gasteiger partial charge in [0.1, 0.15) is 12.4 Å². The summed E-state index contributed by atoms with van der Waals surface area (Å²) >= 11 is 0. The van der Waals surface area contributed by atoms with Crippen molar-refractivity contribution in [2.75, 3.05) is 0 Å². The number of rotatable bonds is 3. The van der Waals surface area contributed by atoms with Crippen LogP contribution in [0.1, 0.15) is 5.56 Å². The van der Waals surface area contributed by atoms with E-state index in [0.29, 0.717) is 6.61 Å². The van der Waals surface area contributed by atoms with E-state index in [9.17, 15) is 0 Å². The van der Waals surface area contributed by atoms with Gasteiger partial charge in [0.2, 0.25) is 0 Å². The third-order valence-corrected chi connectivity index (χ3v) is 2.75. The molecule has 0 fully saturated rings. The van der Waals surface area contributed by atoms with Gasteiger partial charge in [-0.15, -0.1) is 0 Å². The number of hydrogen-bond donors (Lipinski definition) is 0. The van der Waals surface area contributed by atoms with Gasteiger partial charge in [0.15, 0.2) is 0 Å². The molecule has 88 valence electrons. The lowest BCUT2D eigenvalue weighted by molar-refractivity contribution is 0.306. The maximum atomic E-state index is 5.70. The Hall–Kier alpha value is -2.42. The number of ether oxygens (including phenoxy) is 1. The van der Waals surface area contributed by atoms with Crippen LogP contribution in [0.4, 0.5) is 0 Å². The fourth-order valence-corrected chi connectivity index (χ4v) is 1.88. The average molecular weight is 236 g/mol. The largest absolute Gasteiger partial charge is 0.487 e. The minimum atomic E-state index is 0.500. The number of fused-ring (bicyclic) bond motifs is 1. The molecule has 0 atom stereocenters. The molecule has 0 aliphatic carbocycles. The van der Waals surface area contributed by atoms with Crippen molar-refractivity contribution < 1.29 is 4.74 Å². The second kappa shape index (κ2) is 4.84. The van der Waals surface area contributed by atoms with Gasteiger partial charge in [-0.2, -0.15) is 0 Å². The van der Waals surface area contributed by atoms with Crippen LogP contribution in [0.15, 0.2) is 61.1 Å². The van der Waals surface area contributed by atoms with E-state index < -0.39 is 0 Å². The Labute approximate surface area is 105 Å². The maximum absolute atomic E-state index is 5.70. The summed E-state index contributed by atoms with van der Waals surface area (Å²) in [7, 11) is 0. The molecule has 18 heavy (non-hydrogen) atoms. The van der Waals surface area contributed by atoms with Gasteiger partial charge in [0.05, 0.1) is 11.7 Å². The Morgan fingerprint density at radius 1 is 0.944 bits per heavy atom. The molecule has 0 radical (unpaired) electrons. The third kappa shape index (κ3) is 2.15. The maximum Gasteiger partial charge on any atom is 0.138 e. The topological polar surface area (TPSA) is 35.0 Å². The highest BCUT2D eigenvalue weighted by molar-refractivity contribution is 5.81. The van der Waals surface area contributed by atoms with Gasteiger partial charge in [0, 0.05) is 23.3 Å². The first-order valence-electron chi connectivity index (χ1n) is 5.79. The summed E-state index contributed by atoms with van der Waals surface area (Å²) < 4.78 is 5.70. The van der Waals surface area contributed by atoms with Gasteiger partial charge >= 0.3 is 0 Å². The molecule has 3 nitrogen and oxygen atoms in total. The number of aromatic nitrogens is 2. The zero-order valence-electron chi connectivity index (χ0n) is 9.78.